The van der Waals surface area contributed by atoms with Gasteiger partial charge < -0.3 is 5.32 Å². The first kappa shape index (κ1) is 11.3. The predicted octanol–water partition coefficient (Wildman–Crippen LogP) is 3.82. The van der Waals surface area contributed by atoms with Gasteiger partial charge >= 0.3 is 0 Å². The minimum atomic E-state index is 0.710. The van der Waals surface area contributed by atoms with E-state index in [9.17, 15) is 0 Å². The van der Waals surface area contributed by atoms with Crippen LogP contribution in [0.1, 0.15) is 16.7 Å². The number of rotatable bonds is 2. The molecule has 1 atom stereocenters. The number of para-hydroxylation sites is 1. The maximum atomic E-state index is 3.55. The van der Waals surface area contributed by atoms with E-state index in [0.717, 1.165) is 6.54 Å². The van der Waals surface area contributed by atoms with Gasteiger partial charge in [-0.3, -0.25) is 0 Å². The fraction of sp³-hybridized carbons (Fsp3) is 0.294. The van der Waals surface area contributed by atoms with Crippen LogP contribution in [0.15, 0.2) is 48.5 Å². The average Bonchev–Trinajstić information content (AvgIpc) is 2.39. The first-order valence-electron chi connectivity index (χ1n) is 6.68. The second kappa shape index (κ2) is 4.85. The number of hydrogen-bond donors (Lipinski definition) is 1. The van der Waals surface area contributed by atoms with Gasteiger partial charge in [0, 0.05) is 12.2 Å². The predicted molar refractivity (Wildman–Crippen MR) is 77.0 cm³/mol. The highest BCUT2D eigenvalue weighted by Gasteiger charge is 2.17. The molecule has 1 nitrogen and oxygen atoms in total. The molecule has 18 heavy (non-hydrogen) atoms. The zero-order valence-corrected chi connectivity index (χ0v) is 10.8. The Morgan fingerprint density at radius 1 is 1.11 bits per heavy atom. The zero-order valence-electron chi connectivity index (χ0n) is 10.8. The molecular formula is C17H19N. The maximum absolute atomic E-state index is 3.55. The second-order valence-electron chi connectivity index (χ2n) is 5.30. The first-order valence-corrected chi connectivity index (χ1v) is 6.68. The normalized spacial score (nSPS) is 17.9. The van der Waals surface area contributed by atoms with E-state index >= 15 is 0 Å². The van der Waals surface area contributed by atoms with Crippen molar-refractivity contribution in [2.45, 2.75) is 19.8 Å². The molecule has 1 heterocycles. The van der Waals surface area contributed by atoms with E-state index in [0.29, 0.717) is 5.92 Å². The molecule has 1 unspecified atom stereocenters. The minimum Gasteiger partial charge on any atom is -0.385 e. The van der Waals surface area contributed by atoms with Gasteiger partial charge in [0.05, 0.1) is 0 Å². The molecule has 3 rings (SSSR count). The summed E-state index contributed by atoms with van der Waals surface area (Å²) in [7, 11) is 0. The van der Waals surface area contributed by atoms with Crippen LogP contribution in [0, 0.1) is 12.8 Å². The van der Waals surface area contributed by atoms with Crippen LogP contribution in [0.5, 0.6) is 0 Å². The van der Waals surface area contributed by atoms with Gasteiger partial charge in [-0.05, 0) is 42.9 Å². The van der Waals surface area contributed by atoms with Crippen molar-refractivity contribution in [2.75, 3.05) is 11.9 Å². The summed E-state index contributed by atoms with van der Waals surface area (Å²) in [5.74, 6) is 0.710. The molecule has 2 aromatic carbocycles. The van der Waals surface area contributed by atoms with Crippen molar-refractivity contribution in [3.63, 3.8) is 0 Å². The monoisotopic (exact) mass is 237 g/mol. The Hall–Kier alpha value is -1.76. The molecule has 0 aromatic heterocycles. The Labute approximate surface area is 109 Å². The average molecular weight is 237 g/mol. The summed E-state index contributed by atoms with van der Waals surface area (Å²) < 4.78 is 0. The van der Waals surface area contributed by atoms with Gasteiger partial charge in [-0.15, -0.1) is 0 Å². The van der Waals surface area contributed by atoms with Crippen LogP contribution in [0.2, 0.25) is 0 Å². The topological polar surface area (TPSA) is 12.0 Å². The van der Waals surface area contributed by atoms with E-state index in [1.54, 1.807) is 0 Å². The van der Waals surface area contributed by atoms with Crippen molar-refractivity contribution < 1.29 is 0 Å². The van der Waals surface area contributed by atoms with E-state index in [1.807, 2.05) is 0 Å². The second-order valence-corrected chi connectivity index (χ2v) is 5.30. The van der Waals surface area contributed by atoms with Crippen LogP contribution in [-0.2, 0) is 12.8 Å². The first-order chi connectivity index (χ1) is 8.81. The summed E-state index contributed by atoms with van der Waals surface area (Å²) in [6, 6.07) is 17.5. The molecule has 1 aliphatic heterocycles. The van der Waals surface area contributed by atoms with Crippen LogP contribution < -0.4 is 5.32 Å². The largest absolute Gasteiger partial charge is 0.385 e. The molecule has 92 valence electrons. The van der Waals surface area contributed by atoms with E-state index in [-0.39, 0.29) is 0 Å². The minimum absolute atomic E-state index is 0.710. The smallest absolute Gasteiger partial charge is 0.0372 e. The molecule has 2 aromatic rings. The molecule has 1 aliphatic rings. The highest BCUT2D eigenvalue weighted by atomic mass is 14.9. The molecule has 1 heteroatoms. The summed E-state index contributed by atoms with van der Waals surface area (Å²) in [6.45, 7) is 3.25. The molecule has 0 aliphatic carbocycles. The van der Waals surface area contributed by atoms with Gasteiger partial charge in [-0.1, -0.05) is 48.0 Å². The van der Waals surface area contributed by atoms with Crippen LogP contribution in [0.25, 0.3) is 0 Å². The fourth-order valence-electron chi connectivity index (χ4n) is 2.83. The lowest BCUT2D eigenvalue weighted by atomic mass is 9.88. The number of anilines is 1. The molecule has 1 N–H and O–H groups in total. The van der Waals surface area contributed by atoms with Crippen molar-refractivity contribution in [3.05, 3.63) is 65.2 Å². The number of nitrogens with one attached hydrogen (secondary N) is 1. The maximum Gasteiger partial charge on any atom is 0.0372 e. The third-order valence-corrected chi connectivity index (χ3v) is 3.71. The number of benzene rings is 2. The Morgan fingerprint density at radius 3 is 2.89 bits per heavy atom. The Kier molecular flexibility index (Phi) is 3.06. The van der Waals surface area contributed by atoms with Crippen molar-refractivity contribution in [1.29, 1.82) is 0 Å². The van der Waals surface area contributed by atoms with E-state index < -0.39 is 0 Å². The molecule has 0 amide bonds. The highest BCUT2D eigenvalue weighted by molar-refractivity contribution is 5.53. The number of aryl methyl sites for hydroxylation is 1. The van der Waals surface area contributed by atoms with Gasteiger partial charge in [0.1, 0.15) is 0 Å². The van der Waals surface area contributed by atoms with E-state index in [2.05, 4.69) is 60.8 Å². The Morgan fingerprint density at radius 2 is 2.00 bits per heavy atom. The van der Waals surface area contributed by atoms with Crippen LogP contribution in [-0.4, -0.2) is 6.54 Å². The highest BCUT2D eigenvalue weighted by Crippen LogP contribution is 2.26. The van der Waals surface area contributed by atoms with Gasteiger partial charge in [0.15, 0.2) is 0 Å². The summed E-state index contributed by atoms with van der Waals surface area (Å²) in [5, 5.41) is 3.55. The van der Waals surface area contributed by atoms with Crippen molar-refractivity contribution in [1.82, 2.24) is 0 Å². The summed E-state index contributed by atoms with van der Waals surface area (Å²) >= 11 is 0. The van der Waals surface area contributed by atoms with Gasteiger partial charge in [0.2, 0.25) is 0 Å². The standard InChI is InChI=1S/C17H19N/c1-13-5-4-6-14(9-13)10-15-11-16-7-2-3-8-17(16)18-12-15/h2-9,15,18H,10-12H2,1H3. The summed E-state index contributed by atoms with van der Waals surface area (Å²) in [6.07, 6.45) is 2.36. The molecule has 0 saturated carbocycles. The van der Waals surface area contributed by atoms with Crippen molar-refractivity contribution in [3.8, 4) is 0 Å². The van der Waals surface area contributed by atoms with Gasteiger partial charge in [-0.25, -0.2) is 0 Å². The fourth-order valence-corrected chi connectivity index (χ4v) is 2.83. The van der Waals surface area contributed by atoms with Crippen molar-refractivity contribution >= 4 is 5.69 Å². The molecular weight excluding hydrogens is 218 g/mol. The summed E-state index contributed by atoms with van der Waals surface area (Å²) in [5.41, 5.74) is 5.59. The van der Waals surface area contributed by atoms with E-state index in [1.165, 1.54) is 35.2 Å². The lowest BCUT2D eigenvalue weighted by Crippen LogP contribution is -2.24. The number of fused-ring (bicyclic) bond motifs is 1. The molecule has 0 saturated heterocycles. The SMILES string of the molecule is Cc1cccc(CC2CNc3ccccc3C2)c1. The Balaban J connectivity index is 1.73. The quantitative estimate of drug-likeness (QED) is 0.837. The Bertz CT molecular complexity index is 545. The van der Waals surface area contributed by atoms with Crippen LogP contribution in [0.4, 0.5) is 5.69 Å². The third-order valence-electron chi connectivity index (χ3n) is 3.71. The van der Waals surface area contributed by atoms with Gasteiger partial charge in [0.25, 0.3) is 0 Å². The number of hydrogen-bond acceptors (Lipinski definition) is 1. The van der Waals surface area contributed by atoms with Crippen LogP contribution in [0.3, 0.4) is 0 Å². The zero-order chi connectivity index (χ0) is 12.4. The lowest BCUT2D eigenvalue weighted by molar-refractivity contribution is 0.535. The van der Waals surface area contributed by atoms with Crippen molar-refractivity contribution in [2.24, 2.45) is 5.92 Å². The molecule has 0 bridgehead atoms. The molecule has 0 fully saturated rings. The lowest BCUT2D eigenvalue weighted by Gasteiger charge is -2.26. The molecule has 0 radical (unpaired) electrons. The summed E-state index contributed by atoms with van der Waals surface area (Å²) in [4.78, 5) is 0. The van der Waals surface area contributed by atoms with Gasteiger partial charge in [-0.2, -0.15) is 0 Å². The van der Waals surface area contributed by atoms with E-state index in [4.69, 9.17) is 0 Å². The van der Waals surface area contributed by atoms with Crippen LogP contribution >= 0.6 is 0 Å². The molecule has 0 spiro atoms. The third kappa shape index (κ3) is 2.40.